The summed E-state index contributed by atoms with van der Waals surface area (Å²) in [6, 6.07) is 14.6. The van der Waals surface area contributed by atoms with Crippen molar-refractivity contribution in [1.29, 1.82) is 0 Å². The summed E-state index contributed by atoms with van der Waals surface area (Å²) < 4.78 is 12.7. The number of carbonyl (C=O) groups is 3. The van der Waals surface area contributed by atoms with Crippen LogP contribution in [0.25, 0.3) is 0 Å². The summed E-state index contributed by atoms with van der Waals surface area (Å²) in [7, 11) is 0. The van der Waals surface area contributed by atoms with Gasteiger partial charge >= 0.3 is 0 Å². The second kappa shape index (κ2) is 14.3. The zero-order valence-corrected chi connectivity index (χ0v) is 29.0. The van der Waals surface area contributed by atoms with E-state index in [-0.39, 0.29) is 36.2 Å². The van der Waals surface area contributed by atoms with Gasteiger partial charge in [0, 0.05) is 24.8 Å². The molecule has 1 N–H and O–H groups in total. The Kier molecular flexibility index (Phi) is 10.5. The molecule has 3 amide bonds. The van der Waals surface area contributed by atoms with E-state index in [0.717, 1.165) is 12.8 Å². The fraction of sp³-hybridized carbons (Fsp3) is 0.513. The lowest BCUT2D eigenvalue weighted by Crippen LogP contribution is -2.58. The summed E-state index contributed by atoms with van der Waals surface area (Å²) in [5.74, 6) is -2.12. The topological polar surface area (TPSA) is 99.6 Å². The molecule has 2 aromatic rings. The highest BCUT2D eigenvalue weighted by Crippen LogP contribution is 2.66. The molecule has 8 atom stereocenters. The van der Waals surface area contributed by atoms with E-state index in [1.807, 2.05) is 82.3 Å². The quantitative estimate of drug-likeness (QED) is 0.252. The van der Waals surface area contributed by atoms with E-state index < -0.39 is 41.7 Å². The third-order valence-electron chi connectivity index (χ3n) is 10.8. The molecule has 0 radical (unpaired) electrons. The van der Waals surface area contributed by atoms with Crippen LogP contribution in [0.2, 0.25) is 0 Å². The predicted octanol–water partition coefficient (Wildman–Crippen LogP) is 5.55. The summed E-state index contributed by atoms with van der Waals surface area (Å²) in [6.07, 6.45) is 5.44. The van der Waals surface area contributed by atoms with E-state index >= 15 is 9.59 Å². The van der Waals surface area contributed by atoms with Gasteiger partial charge in [-0.3, -0.25) is 14.4 Å². The third-order valence-corrected chi connectivity index (χ3v) is 10.8. The molecule has 258 valence electrons. The Labute approximate surface area is 285 Å². The molecule has 2 aromatic carbocycles. The molecule has 0 aromatic heterocycles. The minimum Gasteiger partial charge on any atom is -0.494 e. The van der Waals surface area contributed by atoms with Crippen LogP contribution < -0.4 is 9.64 Å². The Bertz CT molecular complexity index is 1500. The van der Waals surface area contributed by atoms with Gasteiger partial charge in [0.15, 0.2) is 0 Å². The highest BCUT2D eigenvalue weighted by Gasteiger charge is 2.80. The van der Waals surface area contributed by atoms with Gasteiger partial charge in [-0.05, 0) is 69.4 Å². The van der Waals surface area contributed by atoms with Crippen LogP contribution in [-0.2, 0) is 19.1 Å². The summed E-state index contributed by atoms with van der Waals surface area (Å²) >= 11 is 0. The van der Waals surface area contributed by atoms with Crippen molar-refractivity contribution in [2.24, 2.45) is 17.8 Å². The molecule has 9 heteroatoms. The maximum absolute atomic E-state index is 15.1. The number of anilines is 1. The van der Waals surface area contributed by atoms with E-state index in [4.69, 9.17) is 9.47 Å². The largest absolute Gasteiger partial charge is 0.494 e. The molecule has 4 unspecified atom stereocenters. The van der Waals surface area contributed by atoms with E-state index in [2.05, 4.69) is 20.1 Å². The van der Waals surface area contributed by atoms with Gasteiger partial charge < -0.3 is 29.3 Å². The predicted molar refractivity (Wildman–Crippen MR) is 186 cm³/mol. The average molecular weight is 658 g/mol. The molecule has 2 bridgehead atoms. The zero-order chi connectivity index (χ0) is 34.8. The third kappa shape index (κ3) is 5.75. The zero-order valence-electron chi connectivity index (χ0n) is 29.0. The number of amides is 3. The Hall–Kier alpha value is -3.95. The fourth-order valence-electron chi connectivity index (χ4n) is 8.56. The van der Waals surface area contributed by atoms with Crippen molar-refractivity contribution in [2.75, 3.05) is 31.2 Å². The van der Waals surface area contributed by atoms with Gasteiger partial charge in [0.2, 0.25) is 17.7 Å². The van der Waals surface area contributed by atoms with Crippen LogP contribution in [0.15, 0.2) is 79.9 Å². The van der Waals surface area contributed by atoms with Gasteiger partial charge in [0.25, 0.3) is 0 Å². The van der Waals surface area contributed by atoms with Gasteiger partial charge in [-0.25, -0.2) is 0 Å². The first kappa shape index (κ1) is 35.4. The van der Waals surface area contributed by atoms with Gasteiger partial charge in [-0.2, -0.15) is 0 Å². The van der Waals surface area contributed by atoms with Crippen LogP contribution in [0.1, 0.15) is 65.5 Å². The van der Waals surface area contributed by atoms with Gasteiger partial charge in [-0.1, -0.05) is 62.8 Å². The Morgan fingerprint density at radius 2 is 1.75 bits per heavy atom. The van der Waals surface area contributed by atoms with Crippen LogP contribution in [-0.4, -0.2) is 82.2 Å². The molecule has 3 fully saturated rings. The second-order valence-electron chi connectivity index (χ2n) is 13.6. The minimum absolute atomic E-state index is 0.121. The first-order valence-corrected chi connectivity index (χ1v) is 17.3. The molecule has 5 rings (SSSR count). The van der Waals surface area contributed by atoms with Crippen molar-refractivity contribution in [3.63, 3.8) is 0 Å². The number of hydrogen-bond donors (Lipinski definition) is 1. The minimum atomic E-state index is -1.27. The first-order valence-electron chi connectivity index (χ1n) is 17.3. The molecule has 3 saturated heterocycles. The fourth-order valence-corrected chi connectivity index (χ4v) is 8.56. The molecule has 0 saturated carbocycles. The van der Waals surface area contributed by atoms with E-state index in [0.29, 0.717) is 36.6 Å². The lowest BCUT2D eigenvalue weighted by atomic mass is 9.62. The summed E-state index contributed by atoms with van der Waals surface area (Å²) in [5, 5.41) is 10.9. The van der Waals surface area contributed by atoms with Crippen molar-refractivity contribution in [3.8, 4) is 5.75 Å². The van der Waals surface area contributed by atoms with E-state index in [1.54, 1.807) is 26.9 Å². The highest BCUT2D eigenvalue weighted by molar-refractivity contribution is 6.03. The first-order chi connectivity index (χ1) is 23.0. The van der Waals surface area contributed by atoms with Crippen molar-refractivity contribution >= 4 is 23.4 Å². The number of aliphatic hydroxyl groups excluding tert-OH is 1. The van der Waals surface area contributed by atoms with Crippen LogP contribution in [0.5, 0.6) is 5.75 Å². The normalized spacial score (nSPS) is 28.5. The standard InChI is InChI=1S/C39H51N3O6/c1-8-15-27(6)40(22-9-2)37(46)34-39-24-26(5)38(7,48-39)32(33(39)36(45)42(34)31(25-43)28-16-13-12-14-17-28)35(44)41(23-10-3)29-18-20-30(21-19-29)47-11-4/h9-10,12-14,16-21,26-27,31-34,43H,2-3,8,11,15,22-25H2,1,4-7H3/t26?,27?,31-,32-,33+,34?,38+,39?/m1/s1. The highest BCUT2D eigenvalue weighted by atomic mass is 16.5. The van der Waals surface area contributed by atoms with Crippen molar-refractivity contribution in [2.45, 2.75) is 83.2 Å². The van der Waals surface area contributed by atoms with Crippen LogP contribution in [0, 0.1) is 17.8 Å². The number of aliphatic hydroxyl groups is 1. The Morgan fingerprint density at radius 3 is 2.33 bits per heavy atom. The second-order valence-corrected chi connectivity index (χ2v) is 13.6. The van der Waals surface area contributed by atoms with Gasteiger partial charge in [0.05, 0.1) is 36.7 Å². The molecule has 3 heterocycles. The van der Waals surface area contributed by atoms with E-state index in [9.17, 15) is 9.90 Å². The maximum Gasteiger partial charge on any atom is 0.248 e. The van der Waals surface area contributed by atoms with Crippen LogP contribution >= 0.6 is 0 Å². The van der Waals surface area contributed by atoms with Crippen molar-refractivity contribution in [1.82, 2.24) is 9.80 Å². The average Bonchev–Trinajstić information content (AvgIpc) is 3.60. The lowest BCUT2D eigenvalue weighted by Gasteiger charge is -2.41. The van der Waals surface area contributed by atoms with Crippen LogP contribution in [0.4, 0.5) is 5.69 Å². The van der Waals surface area contributed by atoms with Gasteiger partial charge in [-0.15, -0.1) is 13.2 Å². The summed E-state index contributed by atoms with van der Waals surface area (Å²) in [6.45, 7) is 18.4. The molecule has 3 aliphatic rings. The number of benzene rings is 2. The van der Waals surface area contributed by atoms with Crippen molar-refractivity contribution in [3.05, 3.63) is 85.5 Å². The number of ether oxygens (including phenoxy) is 2. The number of carbonyl (C=O) groups excluding carboxylic acids is 3. The molecule has 1 spiro atoms. The lowest BCUT2D eigenvalue weighted by molar-refractivity contribution is -0.157. The Morgan fingerprint density at radius 1 is 1.08 bits per heavy atom. The summed E-state index contributed by atoms with van der Waals surface area (Å²) in [5.41, 5.74) is -0.922. The summed E-state index contributed by atoms with van der Waals surface area (Å²) in [4.78, 5) is 50.0. The van der Waals surface area contributed by atoms with Gasteiger partial charge in [0.1, 0.15) is 17.4 Å². The smallest absolute Gasteiger partial charge is 0.248 e. The monoisotopic (exact) mass is 657 g/mol. The number of hydrogen-bond acceptors (Lipinski definition) is 6. The molecular weight excluding hydrogens is 606 g/mol. The molecule has 0 aliphatic carbocycles. The molecule has 9 nitrogen and oxygen atoms in total. The number of fused-ring (bicyclic) bond motifs is 1. The molecule has 3 aliphatic heterocycles. The van der Waals surface area contributed by atoms with Crippen molar-refractivity contribution < 1.29 is 29.0 Å². The Balaban J connectivity index is 1.66. The molecule has 48 heavy (non-hydrogen) atoms. The number of nitrogens with zero attached hydrogens (tertiary/aromatic N) is 3. The molecular formula is C39H51N3O6. The van der Waals surface area contributed by atoms with Crippen LogP contribution in [0.3, 0.4) is 0 Å². The SMILES string of the molecule is C=CCN(C(=O)[C@H]1[C@H]2C(=O)N([C@H](CO)c3ccccc3)C(C(=O)N(CC=C)C(C)CCC)C23CC(C)[C@]1(C)O3)c1ccc(OCC)cc1. The van der Waals surface area contributed by atoms with E-state index in [1.165, 1.54) is 0 Å². The number of rotatable bonds is 15. The number of likely N-dealkylation sites (tertiary alicyclic amines) is 1. The maximum atomic E-state index is 15.1.